The lowest BCUT2D eigenvalue weighted by atomic mass is 10.2. The topological polar surface area (TPSA) is 59.8 Å². The molecular weight excluding hydrogens is 368 g/mol. The van der Waals surface area contributed by atoms with Gasteiger partial charge in [0, 0.05) is 22.8 Å². The van der Waals surface area contributed by atoms with Crippen molar-refractivity contribution < 1.29 is 4.79 Å². The van der Waals surface area contributed by atoms with E-state index in [9.17, 15) is 4.79 Å². The molecule has 1 N–H and O–H groups in total. The van der Waals surface area contributed by atoms with E-state index in [1.165, 1.54) is 11.8 Å². The van der Waals surface area contributed by atoms with Crippen molar-refractivity contribution in [3.63, 3.8) is 0 Å². The van der Waals surface area contributed by atoms with Crippen molar-refractivity contribution in [3.8, 4) is 0 Å². The molecule has 0 spiro atoms. The number of hydrogen-bond acceptors (Lipinski definition) is 5. The molecule has 0 aliphatic heterocycles. The van der Waals surface area contributed by atoms with E-state index >= 15 is 0 Å². The third-order valence-corrected chi connectivity index (χ3v) is 5.01. The summed E-state index contributed by atoms with van der Waals surface area (Å²) in [6, 6.07) is 16.8. The number of carbonyl (C=O) groups is 1. The first kappa shape index (κ1) is 18.5. The van der Waals surface area contributed by atoms with Crippen LogP contribution in [0, 0.1) is 0 Å². The van der Waals surface area contributed by atoms with Gasteiger partial charge in [-0.1, -0.05) is 59.8 Å². The maximum absolute atomic E-state index is 12.3. The second-order valence-corrected chi connectivity index (χ2v) is 6.96. The van der Waals surface area contributed by atoms with Crippen LogP contribution >= 0.6 is 23.4 Å². The van der Waals surface area contributed by atoms with Crippen molar-refractivity contribution in [2.45, 2.75) is 25.2 Å². The van der Waals surface area contributed by atoms with E-state index < -0.39 is 0 Å². The van der Waals surface area contributed by atoms with Gasteiger partial charge in [-0.25, -0.2) is 0 Å². The summed E-state index contributed by atoms with van der Waals surface area (Å²) in [5.41, 5.74) is 1.64. The Balaban J connectivity index is 1.63. The smallest absolute Gasteiger partial charge is 0.191 e. The standard InChI is InChI=1S/C19H19ClN4OS/c1-2-24-18(12-21-16-10-6-9-15(20)11-16)22-23-19(24)26-13-17(25)14-7-4-3-5-8-14/h3-11,21H,2,12-13H2,1H3. The monoisotopic (exact) mass is 386 g/mol. The van der Waals surface area contributed by atoms with Crippen LogP contribution in [0.5, 0.6) is 0 Å². The minimum atomic E-state index is 0.0832. The summed E-state index contributed by atoms with van der Waals surface area (Å²) in [6.07, 6.45) is 0. The molecular formula is C19H19ClN4OS. The van der Waals surface area contributed by atoms with Gasteiger partial charge in [0.2, 0.25) is 0 Å². The number of aromatic nitrogens is 3. The lowest BCUT2D eigenvalue weighted by Gasteiger charge is -2.09. The molecule has 3 aromatic rings. The van der Waals surface area contributed by atoms with E-state index in [1.54, 1.807) is 0 Å². The zero-order valence-corrected chi connectivity index (χ0v) is 15.9. The molecule has 1 heterocycles. The normalized spacial score (nSPS) is 10.7. The number of ketones is 1. The van der Waals surface area contributed by atoms with Crippen molar-refractivity contribution >= 4 is 34.8 Å². The number of carbonyl (C=O) groups excluding carboxylic acids is 1. The van der Waals surface area contributed by atoms with Crippen LogP contribution in [-0.4, -0.2) is 26.3 Å². The van der Waals surface area contributed by atoms with E-state index in [0.717, 1.165) is 23.2 Å². The molecule has 3 rings (SSSR count). The molecule has 26 heavy (non-hydrogen) atoms. The van der Waals surface area contributed by atoms with Crippen LogP contribution in [0.3, 0.4) is 0 Å². The minimum absolute atomic E-state index is 0.0832. The van der Waals surface area contributed by atoms with Gasteiger partial charge in [0.15, 0.2) is 16.8 Å². The number of rotatable bonds is 8. The summed E-state index contributed by atoms with van der Waals surface area (Å²) in [5.74, 6) is 1.24. The highest BCUT2D eigenvalue weighted by Gasteiger charge is 2.14. The molecule has 2 aromatic carbocycles. The van der Waals surface area contributed by atoms with Gasteiger partial charge in [-0.2, -0.15) is 0 Å². The molecule has 0 fully saturated rings. The van der Waals surface area contributed by atoms with Crippen molar-refractivity contribution in [1.29, 1.82) is 0 Å². The van der Waals surface area contributed by atoms with Gasteiger partial charge in [-0.3, -0.25) is 4.79 Å². The molecule has 0 saturated heterocycles. The molecule has 0 saturated carbocycles. The molecule has 1 aromatic heterocycles. The molecule has 7 heteroatoms. The number of halogens is 1. The molecule has 0 amide bonds. The van der Waals surface area contributed by atoms with Gasteiger partial charge in [0.1, 0.15) is 0 Å². The van der Waals surface area contributed by atoms with Gasteiger partial charge in [-0.15, -0.1) is 10.2 Å². The average molecular weight is 387 g/mol. The van der Waals surface area contributed by atoms with Crippen molar-refractivity contribution in [2.24, 2.45) is 0 Å². The maximum atomic E-state index is 12.3. The van der Waals surface area contributed by atoms with E-state index in [2.05, 4.69) is 15.5 Å². The number of nitrogens with zero attached hydrogens (tertiary/aromatic N) is 3. The van der Waals surface area contributed by atoms with Crippen LogP contribution in [0.4, 0.5) is 5.69 Å². The van der Waals surface area contributed by atoms with Gasteiger partial charge < -0.3 is 9.88 Å². The number of Topliss-reactive ketones (excluding diaryl/α,β-unsaturated/α-hetero) is 1. The van der Waals surface area contributed by atoms with Crippen LogP contribution in [0.25, 0.3) is 0 Å². The van der Waals surface area contributed by atoms with Gasteiger partial charge in [-0.05, 0) is 25.1 Å². The SMILES string of the molecule is CCn1c(CNc2cccc(Cl)c2)nnc1SCC(=O)c1ccccc1. The number of hydrogen-bond donors (Lipinski definition) is 1. The van der Waals surface area contributed by atoms with Crippen molar-refractivity contribution in [3.05, 3.63) is 71.0 Å². The molecule has 0 aliphatic carbocycles. The van der Waals surface area contributed by atoms with E-state index in [1.807, 2.05) is 66.1 Å². The number of thioether (sulfide) groups is 1. The Kier molecular flexibility index (Phi) is 6.30. The lowest BCUT2D eigenvalue weighted by Crippen LogP contribution is -2.09. The van der Waals surface area contributed by atoms with Crippen LogP contribution in [-0.2, 0) is 13.1 Å². The Bertz CT molecular complexity index is 882. The van der Waals surface area contributed by atoms with Gasteiger partial charge in [0.25, 0.3) is 0 Å². The van der Waals surface area contributed by atoms with Crippen LogP contribution in [0.15, 0.2) is 59.8 Å². The lowest BCUT2D eigenvalue weighted by molar-refractivity contribution is 0.102. The Hall–Kier alpha value is -2.31. The summed E-state index contributed by atoms with van der Waals surface area (Å²) < 4.78 is 2.01. The molecule has 0 aliphatic rings. The highest BCUT2D eigenvalue weighted by atomic mass is 35.5. The summed E-state index contributed by atoms with van der Waals surface area (Å²) in [5, 5.41) is 13.2. The summed E-state index contributed by atoms with van der Waals surface area (Å²) in [7, 11) is 0. The predicted octanol–water partition coefficient (Wildman–Crippen LogP) is 4.54. The van der Waals surface area contributed by atoms with E-state index in [4.69, 9.17) is 11.6 Å². The Morgan fingerprint density at radius 1 is 1.15 bits per heavy atom. The fraction of sp³-hybridized carbons (Fsp3) is 0.211. The number of benzene rings is 2. The second-order valence-electron chi connectivity index (χ2n) is 5.58. The van der Waals surface area contributed by atoms with Crippen LogP contribution in [0.1, 0.15) is 23.1 Å². The highest BCUT2D eigenvalue weighted by Crippen LogP contribution is 2.20. The number of anilines is 1. The molecule has 5 nitrogen and oxygen atoms in total. The van der Waals surface area contributed by atoms with Crippen LogP contribution in [0.2, 0.25) is 5.02 Å². The molecule has 0 atom stereocenters. The van der Waals surface area contributed by atoms with Gasteiger partial charge in [0.05, 0.1) is 12.3 Å². The van der Waals surface area contributed by atoms with Gasteiger partial charge >= 0.3 is 0 Å². The fourth-order valence-electron chi connectivity index (χ4n) is 2.49. The molecule has 0 unspecified atom stereocenters. The predicted molar refractivity (Wildman–Crippen MR) is 106 cm³/mol. The van der Waals surface area contributed by atoms with E-state index in [0.29, 0.717) is 22.9 Å². The average Bonchev–Trinajstić information content (AvgIpc) is 3.07. The third-order valence-electron chi connectivity index (χ3n) is 3.81. The minimum Gasteiger partial charge on any atom is -0.378 e. The number of nitrogens with one attached hydrogen (secondary N) is 1. The highest BCUT2D eigenvalue weighted by molar-refractivity contribution is 7.99. The van der Waals surface area contributed by atoms with E-state index in [-0.39, 0.29) is 5.78 Å². The zero-order valence-electron chi connectivity index (χ0n) is 14.4. The largest absolute Gasteiger partial charge is 0.378 e. The fourth-order valence-corrected chi connectivity index (χ4v) is 3.60. The van der Waals surface area contributed by atoms with Crippen molar-refractivity contribution in [1.82, 2.24) is 14.8 Å². The first-order valence-corrected chi connectivity index (χ1v) is 9.66. The van der Waals surface area contributed by atoms with Crippen molar-refractivity contribution in [2.75, 3.05) is 11.1 Å². The Morgan fingerprint density at radius 3 is 2.69 bits per heavy atom. The molecule has 0 bridgehead atoms. The second kappa shape index (κ2) is 8.87. The summed E-state index contributed by atoms with van der Waals surface area (Å²) in [4.78, 5) is 12.3. The zero-order chi connectivity index (χ0) is 18.4. The quantitative estimate of drug-likeness (QED) is 0.455. The maximum Gasteiger partial charge on any atom is 0.191 e. The first-order valence-electron chi connectivity index (χ1n) is 8.30. The molecule has 0 radical (unpaired) electrons. The molecule has 134 valence electrons. The Labute approximate surface area is 161 Å². The summed E-state index contributed by atoms with van der Waals surface area (Å²) >= 11 is 7.41. The van der Waals surface area contributed by atoms with Crippen LogP contribution < -0.4 is 5.32 Å². The Morgan fingerprint density at radius 2 is 1.96 bits per heavy atom. The first-order chi connectivity index (χ1) is 12.7. The third kappa shape index (κ3) is 4.65. The summed E-state index contributed by atoms with van der Waals surface area (Å²) in [6.45, 7) is 3.31.